The molecule has 86 valence electrons. The number of pyridine rings is 1. The molecule has 1 aromatic carbocycles. The fraction of sp³-hybridized carbons (Fsp3) is 0.0769. The Balaban J connectivity index is 2.14. The predicted octanol–water partition coefficient (Wildman–Crippen LogP) is 3.40. The third-order valence-corrected chi connectivity index (χ3v) is 2.71. The Bertz CT molecular complexity index is 537. The first kappa shape index (κ1) is 11.8. The van der Waals surface area contributed by atoms with Gasteiger partial charge in [-0.05, 0) is 52.7 Å². The average molecular weight is 291 g/mol. The highest BCUT2D eigenvalue weighted by molar-refractivity contribution is 9.10. The van der Waals surface area contributed by atoms with Crippen LogP contribution in [0.25, 0.3) is 0 Å². The van der Waals surface area contributed by atoms with E-state index in [1.807, 2.05) is 31.2 Å². The molecule has 0 aliphatic heterocycles. The number of rotatable bonds is 2. The molecule has 1 amide bonds. The molecule has 1 aromatic heterocycles. The fourth-order valence-corrected chi connectivity index (χ4v) is 1.66. The molecule has 0 atom stereocenters. The Labute approximate surface area is 108 Å². The van der Waals surface area contributed by atoms with Gasteiger partial charge < -0.3 is 5.32 Å². The summed E-state index contributed by atoms with van der Waals surface area (Å²) in [5.41, 5.74) is 2.28. The van der Waals surface area contributed by atoms with Crippen LogP contribution in [0.4, 0.5) is 5.69 Å². The second kappa shape index (κ2) is 5.10. The summed E-state index contributed by atoms with van der Waals surface area (Å²) in [4.78, 5) is 15.9. The minimum atomic E-state index is -0.205. The third-order valence-electron chi connectivity index (χ3n) is 2.24. The molecule has 2 aromatic rings. The molecule has 0 aliphatic carbocycles. The van der Waals surface area contributed by atoms with Gasteiger partial charge in [-0.15, -0.1) is 0 Å². The van der Waals surface area contributed by atoms with E-state index >= 15 is 0 Å². The Morgan fingerprint density at radius 2 is 2.12 bits per heavy atom. The topological polar surface area (TPSA) is 42.0 Å². The van der Waals surface area contributed by atoms with Crippen LogP contribution >= 0.6 is 15.9 Å². The van der Waals surface area contributed by atoms with Crippen molar-refractivity contribution in [3.63, 3.8) is 0 Å². The average Bonchev–Trinajstić information content (AvgIpc) is 2.29. The van der Waals surface area contributed by atoms with Crippen LogP contribution in [0.3, 0.4) is 0 Å². The third kappa shape index (κ3) is 3.14. The van der Waals surface area contributed by atoms with Gasteiger partial charge in [-0.1, -0.05) is 12.1 Å². The number of aryl methyl sites for hydroxylation is 1. The number of anilines is 1. The molecule has 0 aliphatic rings. The summed E-state index contributed by atoms with van der Waals surface area (Å²) in [5, 5.41) is 2.80. The zero-order valence-corrected chi connectivity index (χ0v) is 10.9. The molecule has 0 saturated heterocycles. The van der Waals surface area contributed by atoms with Gasteiger partial charge >= 0.3 is 0 Å². The maximum atomic E-state index is 11.8. The van der Waals surface area contributed by atoms with Gasteiger partial charge in [-0.25, -0.2) is 4.98 Å². The summed E-state index contributed by atoms with van der Waals surface area (Å²) in [7, 11) is 0. The second-order valence-electron chi connectivity index (χ2n) is 3.69. The van der Waals surface area contributed by atoms with Crippen LogP contribution in [0.2, 0.25) is 0 Å². The van der Waals surface area contributed by atoms with Crippen LogP contribution in [-0.2, 0) is 0 Å². The lowest BCUT2D eigenvalue weighted by Crippen LogP contribution is -2.13. The standard InChI is InChI=1S/C13H11BrN2O/c1-9-3-2-4-11(7-9)16-13(17)12-6-5-10(14)8-15-12/h2-8H,1H3,(H,16,17). The van der Waals surface area contributed by atoms with Crippen molar-refractivity contribution in [1.82, 2.24) is 4.98 Å². The zero-order chi connectivity index (χ0) is 12.3. The minimum absolute atomic E-state index is 0.205. The lowest BCUT2D eigenvalue weighted by molar-refractivity contribution is 0.102. The molecule has 0 spiro atoms. The first-order chi connectivity index (χ1) is 8.15. The van der Waals surface area contributed by atoms with Gasteiger partial charge in [0.2, 0.25) is 0 Å². The number of amides is 1. The number of aromatic nitrogens is 1. The molecule has 1 N–H and O–H groups in total. The number of hydrogen-bond donors (Lipinski definition) is 1. The summed E-state index contributed by atoms with van der Waals surface area (Å²) < 4.78 is 0.851. The number of carbonyl (C=O) groups is 1. The van der Waals surface area contributed by atoms with Crippen LogP contribution < -0.4 is 5.32 Å². The second-order valence-corrected chi connectivity index (χ2v) is 4.60. The molecule has 0 fully saturated rings. The minimum Gasteiger partial charge on any atom is -0.321 e. The summed E-state index contributed by atoms with van der Waals surface area (Å²) in [5.74, 6) is -0.205. The Morgan fingerprint density at radius 1 is 1.29 bits per heavy atom. The molecule has 4 heteroatoms. The molecule has 0 saturated carbocycles. The maximum Gasteiger partial charge on any atom is 0.274 e. The quantitative estimate of drug-likeness (QED) is 0.921. The normalized spacial score (nSPS) is 10.0. The highest BCUT2D eigenvalue weighted by Crippen LogP contribution is 2.12. The number of halogens is 1. The van der Waals surface area contributed by atoms with E-state index in [1.165, 1.54) is 0 Å². The van der Waals surface area contributed by atoms with E-state index in [1.54, 1.807) is 18.3 Å². The molecule has 1 heterocycles. The highest BCUT2D eigenvalue weighted by Gasteiger charge is 2.06. The Hall–Kier alpha value is -1.68. The van der Waals surface area contributed by atoms with Gasteiger partial charge in [-0.2, -0.15) is 0 Å². The van der Waals surface area contributed by atoms with E-state index in [9.17, 15) is 4.79 Å². The number of carbonyl (C=O) groups excluding carboxylic acids is 1. The van der Waals surface area contributed by atoms with Crippen molar-refractivity contribution < 1.29 is 4.79 Å². The van der Waals surface area contributed by atoms with Gasteiger partial charge in [-0.3, -0.25) is 4.79 Å². The molecule has 0 bridgehead atoms. The van der Waals surface area contributed by atoms with Crippen molar-refractivity contribution in [2.24, 2.45) is 0 Å². The fourth-order valence-electron chi connectivity index (χ4n) is 1.43. The molecule has 17 heavy (non-hydrogen) atoms. The summed E-state index contributed by atoms with van der Waals surface area (Å²) in [6.45, 7) is 1.98. The molecule has 0 radical (unpaired) electrons. The number of nitrogens with one attached hydrogen (secondary N) is 1. The molecular formula is C13H11BrN2O. The summed E-state index contributed by atoms with van der Waals surface area (Å²) in [6, 6.07) is 11.1. The van der Waals surface area contributed by atoms with Gasteiger partial charge in [0.25, 0.3) is 5.91 Å². The monoisotopic (exact) mass is 290 g/mol. The summed E-state index contributed by atoms with van der Waals surface area (Å²) >= 11 is 3.28. The van der Waals surface area contributed by atoms with Crippen LogP contribution in [0.15, 0.2) is 47.1 Å². The first-order valence-corrected chi connectivity index (χ1v) is 5.94. The highest BCUT2D eigenvalue weighted by atomic mass is 79.9. The van der Waals surface area contributed by atoms with Gasteiger partial charge in [0, 0.05) is 16.4 Å². The molecule has 0 unspecified atom stereocenters. The van der Waals surface area contributed by atoms with E-state index in [0.29, 0.717) is 5.69 Å². The van der Waals surface area contributed by atoms with E-state index < -0.39 is 0 Å². The van der Waals surface area contributed by atoms with E-state index in [-0.39, 0.29) is 5.91 Å². The maximum absolute atomic E-state index is 11.8. The van der Waals surface area contributed by atoms with Gasteiger partial charge in [0.05, 0.1) is 0 Å². The largest absolute Gasteiger partial charge is 0.321 e. The van der Waals surface area contributed by atoms with Crippen molar-refractivity contribution in [3.8, 4) is 0 Å². The predicted molar refractivity (Wildman–Crippen MR) is 71.1 cm³/mol. The first-order valence-electron chi connectivity index (χ1n) is 5.15. The Morgan fingerprint density at radius 3 is 2.76 bits per heavy atom. The number of benzene rings is 1. The van der Waals surface area contributed by atoms with Crippen LogP contribution in [0.1, 0.15) is 16.1 Å². The Kier molecular flexibility index (Phi) is 3.54. The smallest absolute Gasteiger partial charge is 0.274 e. The molecule has 3 nitrogen and oxygen atoms in total. The van der Waals surface area contributed by atoms with Gasteiger partial charge in [0.15, 0.2) is 0 Å². The lowest BCUT2D eigenvalue weighted by atomic mass is 10.2. The van der Waals surface area contributed by atoms with Crippen LogP contribution in [-0.4, -0.2) is 10.9 Å². The van der Waals surface area contributed by atoms with Crippen molar-refractivity contribution in [2.75, 3.05) is 5.32 Å². The van der Waals surface area contributed by atoms with Crippen molar-refractivity contribution in [2.45, 2.75) is 6.92 Å². The lowest BCUT2D eigenvalue weighted by Gasteiger charge is -2.05. The van der Waals surface area contributed by atoms with Crippen molar-refractivity contribution in [3.05, 3.63) is 58.3 Å². The SMILES string of the molecule is Cc1cccc(NC(=O)c2ccc(Br)cn2)c1. The number of nitrogens with zero attached hydrogens (tertiary/aromatic N) is 1. The molecule has 2 rings (SSSR count). The van der Waals surface area contributed by atoms with Crippen molar-refractivity contribution in [1.29, 1.82) is 0 Å². The number of hydrogen-bond acceptors (Lipinski definition) is 2. The summed E-state index contributed by atoms with van der Waals surface area (Å²) in [6.07, 6.45) is 1.60. The van der Waals surface area contributed by atoms with E-state index in [4.69, 9.17) is 0 Å². The van der Waals surface area contributed by atoms with E-state index in [2.05, 4.69) is 26.2 Å². The van der Waals surface area contributed by atoms with E-state index in [0.717, 1.165) is 15.7 Å². The van der Waals surface area contributed by atoms with Crippen LogP contribution in [0.5, 0.6) is 0 Å². The van der Waals surface area contributed by atoms with Crippen molar-refractivity contribution >= 4 is 27.5 Å². The zero-order valence-electron chi connectivity index (χ0n) is 9.27. The molecular weight excluding hydrogens is 280 g/mol. The van der Waals surface area contributed by atoms with Gasteiger partial charge in [0.1, 0.15) is 5.69 Å². The van der Waals surface area contributed by atoms with Crippen LogP contribution in [0, 0.1) is 6.92 Å².